The molecule has 1 saturated heterocycles. The minimum Gasteiger partial charge on any atom is -0.381 e. The van der Waals surface area contributed by atoms with Gasteiger partial charge >= 0.3 is 0 Å². The number of carbonyl (C=O) groups is 1. The van der Waals surface area contributed by atoms with E-state index >= 15 is 0 Å². The summed E-state index contributed by atoms with van der Waals surface area (Å²) in [6.45, 7) is 5.05. The number of halogens is 2. The van der Waals surface area contributed by atoms with E-state index < -0.39 is 23.1 Å². The SMILES string of the molecule is CCNc1c(F)cc(C(=O)NCC2(C)CCCO2)cc1F. The Balaban J connectivity index is 2.05. The summed E-state index contributed by atoms with van der Waals surface area (Å²) in [5.74, 6) is -2.05. The van der Waals surface area contributed by atoms with Gasteiger partial charge in [0.15, 0.2) is 0 Å². The van der Waals surface area contributed by atoms with E-state index in [1.165, 1.54) is 0 Å². The summed E-state index contributed by atoms with van der Waals surface area (Å²) in [6.07, 6.45) is 1.81. The van der Waals surface area contributed by atoms with Crippen LogP contribution in [0, 0.1) is 11.6 Å². The molecule has 21 heavy (non-hydrogen) atoms. The highest BCUT2D eigenvalue weighted by Gasteiger charge is 2.30. The van der Waals surface area contributed by atoms with E-state index in [9.17, 15) is 13.6 Å². The van der Waals surface area contributed by atoms with Gasteiger partial charge in [0.25, 0.3) is 5.91 Å². The lowest BCUT2D eigenvalue weighted by atomic mass is 10.0. The van der Waals surface area contributed by atoms with Crippen LogP contribution in [-0.4, -0.2) is 31.2 Å². The molecule has 1 heterocycles. The molecule has 1 atom stereocenters. The second kappa shape index (κ2) is 6.39. The molecule has 1 aliphatic heterocycles. The molecule has 4 nitrogen and oxygen atoms in total. The number of anilines is 1. The molecule has 0 spiro atoms. The van der Waals surface area contributed by atoms with Gasteiger partial charge < -0.3 is 15.4 Å². The van der Waals surface area contributed by atoms with Crippen molar-refractivity contribution in [3.05, 3.63) is 29.3 Å². The van der Waals surface area contributed by atoms with E-state index in [2.05, 4.69) is 10.6 Å². The zero-order valence-corrected chi connectivity index (χ0v) is 12.3. The fraction of sp³-hybridized carbons (Fsp3) is 0.533. The average Bonchev–Trinajstić information content (AvgIpc) is 2.87. The first kappa shape index (κ1) is 15.7. The van der Waals surface area contributed by atoms with Crippen LogP contribution < -0.4 is 10.6 Å². The number of ether oxygens (including phenoxy) is 1. The lowest BCUT2D eigenvalue weighted by Gasteiger charge is -2.23. The van der Waals surface area contributed by atoms with Gasteiger partial charge in [-0.1, -0.05) is 0 Å². The lowest BCUT2D eigenvalue weighted by molar-refractivity contribution is 0.0206. The van der Waals surface area contributed by atoms with Gasteiger partial charge in [0, 0.05) is 25.3 Å². The molecule has 0 radical (unpaired) electrons. The first-order valence-corrected chi connectivity index (χ1v) is 7.10. The molecule has 1 aliphatic rings. The van der Waals surface area contributed by atoms with E-state index in [1.807, 2.05) is 6.92 Å². The molecule has 116 valence electrons. The topological polar surface area (TPSA) is 50.4 Å². The predicted octanol–water partition coefficient (Wildman–Crippen LogP) is 2.70. The zero-order valence-electron chi connectivity index (χ0n) is 12.3. The molecule has 0 bridgehead atoms. The predicted molar refractivity (Wildman–Crippen MR) is 76.4 cm³/mol. The molecule has 2 rings (SSSR count). The Morgan fingerprint density at radius 3 is 2.57 bits per heavy atom. The van der Waals surface area contributed by atoms with E-state index in [1.54, 1.807) is 6.92 Å². The largest absolute Gasteiger partial charge is 0.381 e. The highest BCUT2D eigenvalue weighted by Crippen LogP contribution is 2.24. The van der Waals surface area contributed by atoms with Crippen LogP contribution in [-0.2, 0) is 4.74 Å². The molecule has 0 aromatic heterocycles. The molecular weight excluding hydrogens is 278 g/mol. The van der Waals surface area contributed by atoms with Gasteiger partial charge in [-0.2, -0.15) is 0 Å². The van der Waals surface area contributed by atoms with Crippen LogP contribution in [0.1, 0.15) is 37.0 Å². The normalized spacial score (nSPS) is 21.3. The quantitative estimate of drug-likeness (QED) is 0.879. The van der Waals surface area contributed by atoms with E-state index in [0.717, 1.165) is 25.0 Å². The minimum atomic E-state index is -0.773. The number of hydrogen-bond acceptors (Lipinski definition) is 3. The Morgan fingerprint density at radius 2 is 2.05 bits per heavy atom. The van der Waals surface area contributed by atoms with Gasteiger partial charge in [-0.15, -0.1) is 0 Å². The van der Waals surface area contributed by atoms with Crippen LogP contribution in [0.25, 0.3) is 0 Å². The Morgan fingerprint density at radius 1 is 1.38 bits per heavy atom. The zero-order chi connectivity index (χ0) is 15.5. The molecule has 1 fully saturated rings. The number of rotatable bonds is 5. The second-order valence-electron chi connectivity index (χ2n) is 5.43. The maximum atomic E-state index is 13.8. The highest BCUT2D eigenvalue weighted by atomic mass is 19.1. The van der Waals surface area contributed by atoms with Gasteiger partial charge in [0.1, 0.15) is 17.3 Å². The van der Waals surface area contributed by atoms with Crippen molar-refractivity contribution in [1.29, 1.82) is 0 Å². The van der Waals surface area contributed by atoms with Gasteiger partial charge in [0.05, 0.1) is 5.60 Å². The van der Waals surface area contributed by atoms with Crippen LogP contribution in [0.15, 0.2) is 12.1 Å². The summed E-state index contributed by atoms with van der Waals surface area (Å²) < 4.78 is 33.1. The molecule has 1 aromatic carbocycles. The maximum absolute atomic E-state index is 13.8. The van der Waals surface area contributed by atoms with Crippen molar-refractivity contribution in [2.24, 2.45) is 0 Å². The molecule has 1 aromatic rings. The monoisotopic (exact) mass is 298 g/mol. The summed E-state index contributed by atoms with van der Waals surface area (Å²) in [6, 6.07) is 2.07. The van der Waals surface area contributed by atoms with Crippen molar-refractivity contribution in [1.82, 2.24) is 5.32 Å². The Hall–Kier alpha value is -1.69. The Labute approximate surface area is 122 Å². The fourth-order valence-corrected chi connectivity index (χ4v) is 2.40. The molecule has 0 saturated carbocycles. The number of benzene rings is 1. The van der Waals surface area contributed by atoms with Crippen LogP contribution in [0.3, 0.4) is 0 Å². The van der Waals surface area contributed by atoms with Crippen molar-refractivity contribution in [2.75, 3.05) is 25.0 Å². The number of amides is 1. The average molecular weight is 298 g/mol. The third-order valence-corrected chi connectivity index (χ3v) is 3.58. The molecule has 1 amide bonds. The van der Waals surface area contributed by atoms with Crippen LogP contribution in [0.2, 0.25) is 0 Å². The minimum absolute atomic E-state index is 0.0340. The molecule has 1 unspecified atom stereocenters. The van der Waals surface area contributed by atoms with Gasteiger partial charge in [0.2, 0.25) is 0 Å². The summed E-state index contributed by atoms with van der Waals surface area (Å²) in [5, 5.41) is 5.26. The summed E-state index contributed by atoms with van der Waals surface area (Å²) in [5.41, 5.74) is -0.635. The Kier molecular flexibility index (Phi) is 4.77. The van der Waals surface area contributed by atoms with Crippen molar-refractivity contribution in [3.8, 4) is 0 Å². The fourth-order valence-electron chi connectivity index (χ4n) is 2.40. The first-order chi connectivity index (χ1) is 9.95. The standard InChI is InChI=1S/C15H20F2N2O2/c1-3-18-13-11(16)7-10(8-12(13)17)14(20)19-9-15(2)5-4-6-21-15/h7-8,18H,3-6,9H2,1-2H3,(H,19,20). The third-order valence-electron chi connectivity index (χ3n) is 3.58. The Bertz CT molecular complexity index is 505. The van der Waals surface area contributed by atoms with Gasteiger partial charge in [-0.3, -0.25) is 4.79 Å². The van der Waals surface area contributed by atoms with E-state index in [-0.39, 0.29) is 11.3 Å². The van der Waals surface area contributed by atoms with Crippen molar-refractivity contribution < 1.29 is 18.3 Å². The van der Waals surface area contributed by atoms with Gasteiger partial charge in [-0.25, -0.2) is 8.78 Å². The van der Waals surface area contributed by atoms with E-state index in [4.69, 9.17) is 4.74 Å². The summed E-state index contributed by atoms with van der Waals surface area (Å²) >= 11 is 0. The first-order valence-electron chi connectivity index (χ1n) is 7.10. The van der Waals surface area contributed by atoms with E-state index in [0.29, 0.717) is 19.7 Å². The summed E-state index contributed by atoms with van der Waals surface area (Å²) in [7, 11) is 0. The van der Waals surface area contributed by atoms with Crippen molar-refractivity contribution in [3.63, 3.8) is 0 Å². The van der Waals surface area contributed by atoms with Crippen molar-refractivity contribution >= 4 is 11.6 Å². The molecular formula is C15H20F2N2O2. The maximum Gasteiger partial charge on any atom is 0.251 e. The van der Waals surface area contributed by atoms with Crippen LogP contribution in [0.4, 0.5) is 14.5 Å². The number of nitrogens with one attached hydrogen (secondary N) is 2. The van der Waals surface area contributed by atoms with Gasteiger partial charge in [-0.05, 0) is 38.8 Å². The lowest BCUT2D eigenvalue weighted by Crippen LogP contribution is -2.40. The number of hydrogen-bond donors (Lipinski definition) is 2. The molecule has 2 N–H and O–H groups in total. The number of carbonyl (C=O) groups excluding carboxylic acids is 1. The van der Waals surface area contributed by atoms with Crippen LogP contribution in [0.5, 0.6) is 0 Å². The smallest absolute Gasteiger partial charge is 0.251 e. The van der Waals surface area contributed by atoms with Crippen molar-refractivity contribution in [2.45, 2.75) is 32.3 Å². The molecule has 6 heteroatoms. The molecule has 0 aliphatic carbocycles. The summed E-state index contributed by atoms with van der Waals surface area (Å²) in [4.78, 5) is 12.0. The second-order valence-corrected chi connectivity index (χ2v) is 5.43. The third kappa shape index (κ3) is 3.69. The van der Waals surface area contributed by atoms with Crippen LogP contribution >= 0.6 is 0 Å². The highest BCUT2D eigenvalue weighted by molar-refractivity contribution is 5.94.